The van der Waals surface area contributed by atoms with Gasteiger partial charge in [0.2, 0.25) is 0 Å². The normalized spacial score (nSPS) is 9.88. The molecule has 0 saturated carbocycles. The second-order valence-corrected chi connectivity index (χ2v) is 3.97. The molecule has 0 N–H and O–H groups in total. The van der Waals surface area contributed by atoms with Crippen molar-refractivity contribution < 1.29 is 9.47 Å². The van der Waals surface area contributed by atoms with Crippen LogP contribution in [0, 0.1) is 11.8 Å². The van der Waals surface area contributed by atoms with Gasteiger partial charge in [-0.25, -0.2) is 0 Å². The monoisotopic (exact) mass is 252 g/mol. The number of rotatable bonds is 5. The number of ether oxygens (including phenoxy) is 2. The first-order valence-corrected chi connectivity index (χ1v) is 6.15. The van der Waals surface area contributed by atoms with E-state index in [4.69, 9.17) is 21.1 Å². The van der Waals surface area contributed by atoms with Crippen molar-refractivity contribution in [1.82, 2.24) is 0 Å². The zero-order valence-corrected chi connectivity index (χ0v) is 11.0. The Bertz CT molecular complexity index is 391. The molecule has 0 spiro atoms. The van der Waals surface area contributed by atoms with Crippen LogP contribution in [0.1, 0.15) is 19.4 Å². The van der Waals surface area contributed by atoms with Gasteiger partial charge in [0.1, 0.15) is 12.4 Å². The van der Waals surface area contributed by atoms with Crippen molar-refractivity contribution >= 4 is 11.6 Å². The van der Waals surface area contributed by atoms with Gasteiger partial charge in [0, 0.05) is 0 Å². The molecule has 17 heavy (non-hydrogen) atoms. The SMILES string of the molecule is CC(C)OCCOc1ccccc1C#CCCl. The Kier molecular flexibility index (Phi) is 6.54. The molecule has 0 aliphatic heterocycles. The molecule has 1 rings (SSSR count). The van der Waals surface area contributed by atoms with Crippen LogP contribution in [0.4, 0.5) is 0 Å². The van der Waals surface area contributed by atoms with Gasteiger partial charge in [0.05, 0.1) is 24.2 Å². The minimum atomic E-state index is 0.227. The first kappa shape index (κ1) is 13.9. The number of para-hydroxylation sites is 1. The van der Waals surface area contributed by atoms with E-state index < -0.39 is 0 Å². The summed E-state index contributed by atoms with van der Waals surface area (Å²) in [5.74, 6) is 6.88. The molecule has 0 aliphatic carbocycles. The molecule has 0 fully saturated rings. The maximum atomic E-state index is 5.61. The lowest BCUT2D eigenvalue weighted by atomic mass is 10.2. The lowest BCUT2D eigenvalue weighted by Crippen LogP contribution is -2.11. The summed E-state index contributed by atoms with van der Waals surface area (Å²) in [6.45, 7) is 5.10. The van der Waals surface area contributed by atoms with Crippen LogP contribution >= 0.6 is 11.6 Å². The van der Waals surface area contributed by atoms with Gasteiger partial charge in [-0.15, -0.1) is 11.6 Å². The Balaban J connectivity index is 2.52. The van der Waals surface area contributed by atoms with Crippen molar-refractivity contribution in [3.63, 3.8) is 0 Å². The fraction of sp³-hybridized carbons (Fsp3) is 0.429. The van der Waals surface area contributed by atoms with E-state index in [-0.39, 0.29) is 6.10 Å². The zero-order chi connectivity index (χ0) is 12.5. The molecule has 0 bridgehead atoms. The molecule has 0 heterocycles. The van der Waals surface area contributed by atoms with Crippen molar-refractivity contribution in [2.75, 3.05) is 19.1 Å². The summed E-state index contributed by atoms with van der Waals surface area (Å²) < 4.78 is 11.0. The molecule has 2 nitrogen and oxygen atoms in total. The fourth-order valence-electron chi connectivity index (χ4n) is 1.26. The highest BCUT2D eigenvalue weighted by Crippen LogP contribution is 2.16. The molecule has 1 aromatic rings. The molecule has 0 unspecified atom stereocenters. The third kappa shape index (κ3) is 5.63. The molecule has 0 radical (unpaired) electrons. The minimum absolute atomic E-state index is 0.227. The summed E-state index contributed by atoms with van der Waals surface area (Å²) >= 11 is 5.53. The average molecular weight is 253 g/mol. The van der Waals surface area contributed by atoms with Gasteiger partial charge in [-0.1, -0.05) is 24.0 Å². The zero-order valence-electron chi connectivity index (χ0n) is 10.2. The van der Waals surface area contributed by atoms with Crippen molar-refractivity contribution in [2.24, 2.45) is 0 Å². The van der Waals surface area contributed by atoms with Crippen molar-refractivity contribution in [3.8, 4) is 17.6 Å². The van der Waals surface area contributed by atoms with Crippen LogP contribution < -0.4 is 4.74 Å². The number of halogens is 1. The van der Waals surface area contributed by atoms with E-state index in [1.54, 1.807) is 0 Å². The quantitative estimate of drug-likeness (QED) is 0.456. The topological polar surface area (TPSA) is 18.5 Å². The molecule has 3 heteroatoms. The van der Waals surface area contributed by atoms with Crippen LogP contribution in [0.5, 0.6) is 5.75 Å². The van der Waals surface area contributed by atoms with E-state index in [1.165, 1.54) is 0 Å². The number of benzene rings is 1. The van der Waals surface area contributed by atoms with Gasteiger partial charge >= 0.3 is 0 Å². The number of hydrogen-bond donors (Lipinski definition) is 0. The Morgan fingerprint density at radius 3 is 2.71 bits per heavy atom. The van der Waals surface area contributed by atoms with Gasteiger partial charge in [0.25, 0.3) is 0 Å². The van der Waals surface area contributed by atoms with Crippen molar-refractivity contribution in [2.45, 2.75) is 20.0 Å². The maximum Gasteiger partial charge on any atom is 0.135 e. The van der Waals surface area contributed by atoms with E-state index in [0.717, 1.165) is 11.3 Å². The first-order valence-electron chi connectivity index (χ1n) is 5.62. The molecule has 0 saturated heterocycles. The average Bonchev–Trinajstić information content (AvgIpc) is 2.33. The van der Waals surface area contributed by atoms with Crippen LogP contribution in [0.15, 0.2) is 24.3 Å². The predicted octanol–water partition coefficient (Wildman–Crippen LogP) is 3.08. The second-order valence-electron chi connectivity index (χ2n) is 3.70. The van der Waals surface area contributed by atoms with E-state index in [1.807, 2.05) is 38.1 Å². The standard InChI is InChI=1S/C14H17ClO2/c1-12(2)16-10-11-17-14-8-4-3-6-13(14)7-5-9-15/h3-4,6,8,12H,9-11H2,1-2H3. The smallest absolute Gasteiger partial charge is 0.135 e. The Morgan fingerprint density at radius 1 is 1.24 bits per heavy atom. The number of alkyl halides is 1. The van der Waals surface area contributed by atoms with Crippen LogP contribution in [0.25, 0.3) is 0 Å². The fourth-order valence-corrected chi connectivity index (χ4v) is 1.33. The first-order chi connectivity index (χ1) is 8.24. The van der Waals surface area contributed by atoms with E-state index >= 15 is 0 Å². The Morgan fingerprint density at radius 2 is 2.00 bits per heavy atom. The van der Waals surface area contributed by atoms with Crippen LogP contribution in [0.3, 0.4) is 0 Å². The summed E-state index contributed by atoms with van der Waals surface area (Å²) in [4.78, 5) is 0. The lowest BCUT2D eigenvalue weighted by Gasteiger charge is -2.10. The van der Waals surface area contributed by atoms with Gasteiger partial charge in [-0.2, -0.15) is 0 Å². The highest BCUT2D eigenvalue weighted by atomic mass is 35.5. The largest absolute Gasteiger partial charge is 0.490 e. The molecular weight excluding hydrogens is 236 g/mol. The third-order valence-corrected chi connectivity index (χ3v) is 2.10. The van der Waals surface area contributed by atoms with Crippen molar-refractivity contribution in [1.29, 1.82) is 0 Å². The summed E-state index contributed by atoms with van der Waals surface area (Å²) in [6, 6.07) is 7.66. The lowest BCUT2D eigenvalue weighted by molar-refractivity contribution is 0.0552. The van der Waals surface area contributed by atoms with E-state index in [0.29, 0.717) is 19.1 Å². The highest BCUT2D eigenvalue weighted by Gasteiger charge is 2.00. The van der Waals surface area contributed by atoms with Crippen LogP contribution in [-0.4, -0.2) is 25.2 Å². The van der Waals surface area contributed by atoms with Crippen LogP contribution in [-0.2, 0) is 4.74 Å². The molecule has 0 amide bonds. The van der Waals surface area contributed by atoms with Gasteiger partial charge in [-0.05, 0) is 26.0 Å². The summed E-state index contributed by atoms with van der Waals surface area (Å²) in [5, 5.41) is 0. The van der Waals surface area contributed by atoms with E-state index in [2.05, 4.69) is 11.8 Å². The second kappa shape index (κ2) is 8.00. The molecule has 0 aliphatic rings. The molecule has 1 aromatic carbocycles. The Hall–Kier alpha value is -1.17. The molecule has 92 valence electrons. The predicted molar refractivity (Wildman–Crippen MR) is 70.6 cm³/mol. The molecule has 0 aromatic heterocycles. The highest BCUT2D eigenvalue weighted by molar-refractivity contribution is 6.19. The van der Waals surface area contributed by atoms with Crippen LogP contribution in [0.2, 0.25) is 0 Å². The van der Waals surface area contributed by atoms with E-state index in [9.17, 15) is 0 Å². The summed E-state index contributed by atoms with van der Waals surface area (Å²) in [7, 11) is 0. The Labute approximate surface area is 108 Å². The van der Waals surface area contributed by atoms with Gasteiger partial charge in [0.15, 0.2) is 0 Å². The number of hydrogen-bond acceptors (Lipinski definition) is 2. The minimum Gasteiger partial charge on any atom is -0.490 e. The maximum absolute atomic E-state index is 5.61. The summed E-state index contributed by atoms with van der Waals surface area (Å²) in [6.07, 6.45) is 0.227. The molecular formula is C14H17ClO2. The summed E-state index contributed by atoms with van der Waals surface area (Å²) in [5.41, 5.74) is 0.859. The van der Waals surface area contributed by atoms with Crippen molar-refractivity contribution in [3.05, 3.63) is 29.8 Å². The third-order valence-electron chi connectivity index (χ3n) is 1.97. The van der Waals surface area contributed by atoms with Gasteiger partial charge in [-0.3, -0.25) is 0 Å². The van der Waals surface area contributed by atoms with Gasteiger partial charge < -0.3 is 9.47 Å². The molecule has 0 atom stereocenters.